The second-order valence-corrected chi connectivity index (χ2v) is 6.30. The van der Waals surface area contributed by atoms with Crippen molar-refractivity contribution in [3.05, 3.63) is 59.2 Å². The zero-order valence-corrected chi connectivity index (χ0v) is 14.3. The summed E-state index contributed by atoms with van der Waals surface area (Å²) in [4.78, 5) is 14.7. The molecular formula is C20H24N2O2. The molecule has 0 aliphatic carbocycles. The molecule has 0 atom stereocenters. The standard InChI is InChI=1S/C20H24N2O2/c1-15-6-7-16(2)17(12-15)13-20(23)21-18-4-3-5-19(14-18)22-8-10-24-11-9-22/h3-7,12,14H,8-11,13H2,1-2H3,(H,21,23). The fraction of sp³-hybridized carbons (Fsp3) is 0.350. The quantitative estimate of drug-likeness (QED) is 0.938. The molecule has 1 saturated heterocycles. The number of aryl methyl sites for hydroxylation is 2. The van der Waals surface area contributed by atoms with Crippen LogP contribution < -0.4 is 10.2 Å². The monoisotopic (exact) mass is 324 g/mol. The Morgan fingerprint density at radius 1 is 1.12 bits per heavy atom. The molecule has 2 aromatic carbocycles. The topological polar surface area (TPSA) is 41.6 Å². The molecule has 0 bridgehead atoms. The van der Waals surface area contributed by atoms with Gasteiger partial charge in [0.1, 0.15) is 0 Å². The van der Waals surface area contributed by atoms with E-state index in [1.165, 1.54) is 5.56 Å². The van der Waals surface area contributed by atoms with Gasteiger partial charge in [-0.25, -0.2) is 0 Å². The maximum atomic E-state index is 12.4. The molecule has 3 rings (SSSR count). The number of hydrogen-bond donors (Lipinski definition) is 1. The Balaban J connectivity index is 1.67. The van der Waals surface area contributed by atoms with Crippen LogP contribution in [0.2, 0.25) is 0 Å². The van der Waals surface area contributed by atoms with Crippen LogP contribution in [0.1, 0.15) is 16.7 Å². The number of ether oxygens (including phenoxy) is 1. The number of nitrogens with one attached hydrogen (secondary N) is 1. The molecule has 0 spiro atoms. The Bertz CT molecular complexity index is 721. The number of nitrogens with zero attached hydrogens (tertiary/aromatic N) is 1. The summed E-state index contributed by atoms with van der Waals surface area (Å²) >= 11 is 0. The Morgan fingerprint density at radius 3 is 2.71 bits per heavy atom. The first kappa shape index (κ1) is 16.5. The van der Waals surface area contributed by atoms with Crippen molar-refractivity contribution in [1.82, 2.24) is 0 Å². The van der Waals surface area contributed by atoms with E-state index >= 15 is 0 Å². The van der Waals surface area contributed by atoms with Crippen molar-refractivity contribution in [3.63, 3.8) is 0 Å². The van der Waals surface area contributed by atoms with Crippen LogP contribution in [0.15, 0.2) is 42.5 Å². The highest BCUT2D eigenvalue weighted by Crippen LogP contribution is 2.21. The number of carbonyl (C=O) groups is 1. The minimum absolute atomic E-state index is 0.0165. The summed E-state index contributed by atoms with van der Waals surface area (Å²) in [5.41, 5.74) is 5.38. The fourth-order valence-corrected chi connectivity index (χ4v) is 2.97. The van der Waals surface area contributed by atoms with Crippen LogP contribution in [-0.4, -0.2) is 32.2 Å². The predicted molar refractivity (Wildman–Crippen MR) is 97.7 cm³/mol. The molecule has 4 heteroatoms. The lowest BCUT2D eigenvalue weighted by Gasteiger charge is -2.29. The van der Waals surface area contributed by atoms with E-state index in [0.717, 1.165) is 48.8 Å². The van der Waals surface area contributed by atoms with E-state index in [4.69, 9.17) is 4.74 Å². The Morgan fingerprint density at radius 2 is 1.92 bits per heavy atom. The first-order valence-electron chi connectivity index (χ1n) is 8.40. The second-order valence-electron chi connectivity index (χ2n) is 6.30. The van der Waals surface area contributed by atoms with E-state index in [2.05, 4.69) is 34.5 Å². The van der Waals surface area contributed by atoms with E-state index in [1.54, 1.807) is 0 Å². The SMILES string of the molecule is Cc1ccc(C)c(CC(=O)Nc2cccc(N3CCOCC3)c2)c1. The molecule has 1 amide bonds. The minimum atomic E-state index is 0.0165. The zero-order valence-electron chi connectivity index (χ0n) is 14.3. The van der Waals surface area contributed by atoms with E-state index in [9.17, 15) is 4.79 Å². The van der Waals surface area contributed by atoms with Crippen molar-refractivity contribution >= 4 is 17.3 Å². The lowest BCUT2D eigenvalue weighted by atomic mass is 10.0. The van der Waals surface area contributed by atoms with Crippen LogP contribution in [0.5, 0.6) is 0 Å². The van der Waals surface area contributed by atoms with Crippen molar-refractivity contribution in [2.24, 2.45) is 0 Å². The summed E-state index contributed by atoms with van der Waals surface area (Å²) in [6.07, 6.45) is 0.398. The van der Waals surface area contributed by atoms with Gasteiger partial charge >= 0.3 is 0 Å². The van der Waals surface area contributed by atoms with E-state index in [0.29, 0.717) is 6.42 Å². The Labute approximate surface area is 143 Å². The van der Waals surface area contributed by atoms with Gasteiger partial charge in [0.15, 0.2) is 0 Å². The number of benzene rings is 2. The molecule has 126 valence electrons. The molecule has 1 aliphatic rings. The third kappa shape index (κ3) is 4.15. The van der Waals surface area contributed by atoms with Gasteiger partial charge in [0.25, 0.3) is 0 Å². The summed E-state index contributed by atoms with van der Waals surface area (Å²) in [7, 11) is 0. The summed E-state index contributed by atoms with van der Waals surface area (Å²) in [6.45, 7) is 7.37. The molecule has 0 saturated carbocycles. The molecule has 1 aliphatic heterocycles. The first-order valence-corrected chi connectivity index (χ1v) is 8.40. The van der Waals surface area contributed by atoms with Crippen molar-refractivity contribution in [1.29, 1.82) is 0 Å². The summed E-state index contributed by atoms with van der Waals surface area (Å²) < 4.78 is 5.39. The van der Waals surface area contributed by atoms with Crippen LogP contribution in [-0.2, 0) is 16.0 Å². The largest absolute Gasteiger partial charge is 0.378 e. The Kier molecular flexibility index (Phi) is 5.16. The molecule has 2 aromatic rings. The molecule has 24 heavy (non-hydrogen) atoms. The van der Waals surface area contributed by atoms with E-state index < -0.39 is 0 Å². The molecule has 1 heterocycles. The van der Waals surface area contributed by atoms with E-state index in [-0.39, 0.29) is 5.91 Å². The minimum Gasteiger partial charge on any atom is -0.378 e. The van der Waals surface area contributed by atoms with Crippen molar-refractivity contribution in [2.75, 3.05) is 36.5 Å². The molecule has 0 unspecified atom stereocenters. The predicted octanol–water partition coefficient (Wildman–Crippen LogP) is 3.32. The smallest absolute Gasteiger partial charge is 0.228 e. The fourth-order valence-electron chi connectivity index (χ4n) is 2.97. The number of anilines is 2. The summed E-state index contributed by atoms with van der Waals surface area (Å²) in [5, 5.41) is 3.02. The average molecular weight is 324 g/mol. The van der Waals surface area contributed by atoms with Crippen molar-refractivity contribution < 1.29 is 9.53 Å². The number of carbonyl (C=O) groups excluding carboxylic acids is 1. The van der Waals surface area contributed by atoms with Gasteiger partial charge in [-0.3, -0.25) is 4.79 Å². The van der Waals surface area contributed by atoms with Gasteiger partial charge in [-0.05, 0) is 43.2 Å². The molecule has 0 radical (unpaired) electrons. The van der Waals surface area contributed by atoms with Crippen LogP contribution in [0.25, 0.3) is 0 Å². The number of hydrogen-bond acceptors (Lipinski definition) is 3. The zero-order chi connectivity index (χ0) is 16.9. The van der Waals surface area contributed by atoms with Gasteiger partial charge in [0.05, 0.1) is 19.6 Å². The highest BCUT2D eigenvalue weighted by atomic mass is 16.5. The van der Waals surface area contributed by atoms with Crippen LogP contribution in [0.4, 0.5) is 11.4 Å². The number of amides is 1. The van der Waals surface area contributed by atoms with Crippen molar-refractivity contribution in [2.45, 2.75) is 20.3 Å². The van der Waals surface area contributed by atoms with Gasteiger partial charge < -0.3 is 15.0 Å². The summed E-state index contributed by atoms with van der Waals surface area (Å²) in [6, 6.07) is 14.2. The van der Waals surface area contributed by atoms with Crippen LogP contribution >= 0.6 is 0 Å². The van der Waals surface area contributed by atoms with Crippen LogP contribution in [0.3, 0.4) is 0 Å². The lowest BCUT2D eigenvalue weighted by molar-refractivity contribution is -0.115. The molecule has 0 aromatic heterocycles. The highest BCUT2D eigenvalue weighted by molar-refractivity contribution is 5.93. The van der Waals surface area contributed by atoms with Gasteiger partial charge in [-0.15, -0.1) is 0 Å². The lowest BCUT2D eigenvalue weighted by Crippen LogP contribution is -2.36. The highest BCUT2D eigenvalue weighted by Gasteiger charge is 2.12. The third-order valence-corrected chi connectivity index (χ3v) is 4.36. The van der Waals surface area contributed by atoms with Gasteiger partial charge in [0, 0.05) is 24.5 Å². The number of morpholine rings is 1. The normalized spacial score (nSPS) is 14.5. The van der Waals surface area contributed by atoms with Crippen molar-refractivity contribution in [3.8, 4) is 0 Å². The molecule has 4 nitrogen and oxygen atoms in total. The van der Waals surface area contributed by atoms with Gasteiger partial charge in [-0.2, -0.15) is 0 Å². The van der Waals surface area contributed by atoms with Gasteiger partial charge in [-0.1, -0.05) is 29.8 Å². The first-order chi connectivity index (χ1) is 11.6. The average Bonchev–Trinajstić information content (AvgIpc) is 2.59. The van der Waals surface area contributed by atoms with Gasteiger partial charge in [0.2, 0.25) is 5.91 Å². The van der Waals surface area contributed by atoms with Crippen LogP contribution in [0, 0.1) is 13.8 Å². The number of rotatable bonds is 4. The molecule has 1 N–H and O–H groups in total. The maximum absolute atomic E-state index is 12.4. The third-order valence-electron chi connectivity index (χ3n) is 4.36. The second kappa shape index (κ2) is 7.49. The summed E-state index contributed by atoms with van der Waals surface area (Å²) in [5.74, 6) is 0.0165. The maximum Gasteiger partial charge on any atom is 0.228 e. The molecule has 1 fully saturated rings. The van der Waals surface area contributed by atoms with E-state index in [1.807, 2.05) is 32.0 Å². The molecular weight excluding hydrogens is 300 g/mol. The Hall–Kier alpha value is -2.33.